The highest BCUT2D eigenvalue weighted by molar-refractivity contribution is 7.16. The molecule has 11 heteroatoms. The number of benzene rings is 1. The summed E-state index contributed by atoms with van der Waals surface area (Å²) in [6.07, 6.45) is 1.45. The maximum atomic E-state index is 12.8. The first kappa shape index (κ1) is 18.4. The molecule has 1 aliphatic heterocycles. The van der Waals surface area contributed by atoms with Gasteiger partial charge in [-0.2, -0.15) is 4.68 Å². The van der Waals surface area contributed by atoms with Crippen molar-refractivity contribution in [2.75, 3.05) is 31.1 Å². The van der Waals surface area contributed by atoms with E-state index in [9.17, 15) is 9.59 Å². The van der Waals surface area contributed by atoms with Gasteiger partial charge in [0.2, 0.25) is 11.9 Å². The van der Waals surface area contributed by atoms with Crippen molar-refractivity contribution in [1.82, 2.24) is 34.7 Å². The monoisotopic (exact) mass is 422 g/mol. The Morgan fingerprint density at radius 1 is 1.07 bits per heavy atom. The minimum Gasteiger partial charge on any atom is -0.338 e. The summed E-state index contributed by atoms with van der Waals surface area (Å²) in [5.41, 5.74) is 0.696. The van der Waals surface area contributed by atoms with E-state index in [1.807, 2.05) is 35.7 Å². The van der Waals surface area contributed by atoms with Gasteiger partial charge in [-0.3, -0.25) is 14.2 Å². The van der Waals surface area contributed by atoms with Crippen LogP contribution in [-0.4, -0.2) is 66.7 Å². The third kappa shape index (κ3) is 3.32. The zero-order chi connectivity index (χ0) is 20.5. The molecule has 3 aromatic heterocycles. The molecule has 0 spiro atoms. The molecule has 30 heavy (non-hydrogen) atoms. The zero-order valence-corrected chi connectivity index (χ0v) is 16.8. The molecule has 0 unspecified atom stereocenters. The number of rotatable bonds is 4. The number of hydrogen-bond acceptors (Lipinski definition) is 8. The number of nitrogens with zero attached hydrogens (tertiary/aromatic N) is 8. The zero-order valence-electron chi connectivity index (χ0n) is 16.0. The number of carbonyl (C=O) groups is 1. The van der Waals surface area contributed by atoms with Crippen LogP contribution in [-0.2, 0) is 11.3 Å². The van der Waals surface area contributed by atoms with Crippen molar-refractivity contribution in [2.45, 2.75) is 6.54 Å². The predicted octanol–water partition coefficient (Wildman–Crippen LogP) is 0.782. The lowest BCUT2D eigenvalue weighted by atomic mass is 10.3. The lowest BCUT2D eigenvalue weighted by molar-refractivity contribution is -0.132. The lowest BCUT2D eigenvalue weighted by Gasteiger charge is -2.34. The molecule has 5 rings (SSSR count). The van der Waals surface area contributed by atoms with Crippen molar-refractivity contribution in [3.05, 3.63) is 58.5 Å². The van der Waals surface area contributed by atoms with Gasteiger partial charge >= 0.3 is 0 Å². The summed E-state index contributed by atoms with van der Waals surface area (Å²) in [4.78, 5) is 34.0. The third-order valence-corrected chi connectivity index (χ3v) is 5.95. The van der Waals surface area contributed by atoms with E-state index in [0.29, 0.717) is 42.3 Å². The van der Waals surface area contributed by atoms with Crippen LogP contribution in [0.3, 0.4) is 0 Å². The van der Waals surface area contributed by atoms with Crippen LogP contribution in [0.4, 0.5) is 5.95 Å². The van der Waals surface area contributed by atoms with Crippen LogP contribution in [0.25, 0.3) is 15.9 Å². The number of aromatic nitrogens is 6. The van der Waals surface area contributed by atoms with Crippen molar-refractivity contribution < 1.29 is 4.79 Å². The van der Waals surface area contributed by atoms with Gasteiger partial charge in [0.15, 0.2) is 0 Å². The Morgan fingerprint density at radius 3 is 2.67 bits per heavy atom. The molecule has 1 amide bonds. The van der Waals surface area contributed by atoms with Gasteiger partial charge in [-0.1, -0.05) is 23.3 Å². The number of thiophene rings is 1. The van der Waals surface area contributed by atoms with Gasteiger partial charge in [0, 0.05) is 26.2 Å². The second-order valence-corrected chi connectivity index (χ2v) is 7.81. The Labute approximate surface area is 175 Å². The minimum absolute atomic E-state index is 0.0145. The number of amides is 1. The number of anilines is 1. The van der Waals surface area contributed by atoms with E-state index in [0.717, 1.165) is 5.69 Å². The van der Waals surface area contributed by atoms with Gasteiger partial charge in [-0.15, -0.1) is 11.3 Å². The van der Waals surface area contributed by atoms with Crippen molar-refractivity contribution in [2.24, 2.45) is 0 Å². The highest BCUT2D eigenvalue weighted by Gasteiger charge is 2.25. The molecule has 0 bridgehead atoms. The number of hydrogen-bond donors (Lipinski definition) is 0. The van der Waals surface area contributed by atoms with E-state index in [-0.39, 0.29) is 18.0 Å². The lowest BCUT2D eigenvalue weighted by Crippen LogP contribution is -2.50. The summed E-state index contributed by atoms with van der Waals surface area (Å²) < 4.78 is 3.07. The van der Waals surface area contributed by atoms with Crippen LogP contribution in [0.1, 0.15) is 0 Å². The number of piperazine rings is 1. The van der Waals surface area contributed by atoms with Crippen molar-refractivity contribution >= 4 is 33.4 Å². The standard InChI is InChI=1S/C19H18N8O2S/c28-16(12-26-13-20-17-15(18(26)29)6-11-30-17)24-7-9-25(10-8-24)19-21-22-23-27(19)14-4-2-1-3-5-14/h1-6,11,13H,7-10,12H2. The van der Waals surface area contributed by atoms with Crippen LogP contribution in [0.2, 0.25) is 0 Å². The minimum atomic E-state index is -0.185. The number of carbonyl (C=O) groups excluding carboxylic acids is 1. The third-order valence-electron chi connectivity index (χ3n) is 5.13. The van der Waals surface area contributed by atoms with E-state index in [1.165, 1.54) is 22.2 Å². The van der Waals surface area contributed by atoms with Gasteiger partial charge in [0.1, 0.15) is 11.4 Å². The molecule has 4 aromatic rings. The fourth-order valence-corrected chi connectivity index (χ4v) is 4.25. The number of fused-ring (bicyclic) bond motifs is 1. The van der Waals surface area contributed by atoms with Gasteiger partial charge in [0.05, 0.1) is 17.4 Å². The molecule has 1 fully saturated rings. The molecule has 0 atom stereocenters. The highest BCUT2D eigenvalue weighted by Crippen LogP contribution is 2.17. The molecular formula is C19H18N8O2S. The summed E-state index contributed by atoms with van der Waals surface area (Å²) in [5, 5.41) is 14.4. The van der Waals surface area contributed by atoms with E-state index in [4.69, 9.17) is 0 Å². The fourth-order valence-electron chi connectivity index (χ4n) is 3.52. The Morgan fingerprint density at radius 2 is 1.87 bits per heavy atom. The van der Waals surface area contributed by atoms with E-state index < -0.39 is 0 Å². The van der Waals surface area contributed by atoms with Crippen molar-refractivity contribution in [3.63, 3.8) is 0 Å². The van der Waals surface area contributed by atoms with Crippen LogP contribution in [0.5, 0.6) is 0 Å². The topological polar surface area (TPSA) is 102 Å². The van der Waals surface area contributed by atoms with Crippen LogP contribution in [0.15, 0.2) is 52.9 Å². The van der Waals surface area contributed by atoms with Crippen LogP contribution in [0, 0.1) is 0 Å². The average molecular weight is 422 g/mol. The molecule has 1 saturated heterocycles. The Bertz CT molecular complexity index is 1240. The van der Waals surface area contributed by atoms with Crippen molar-refractivity contribution in [1.29, 1.82) is 0 Å². The van der Waals surface area contributed by atoms with Gasteiger partial charge in [-0.05, 0) is 34.0 Å². The van der Waals surface area contributed by atoms with Gasteiger partial charge in [0.25, 0.3) is 5.56 Å². The van der Waals surface area contributed by atoms with Crippen LogP contribution < -0.4 is 10.5 Å². The summed E-state index contributed by atoms with van der Waals surface area (Å²) in [7, 11) is 0. The second kappa shape index (κ2) is 7.67. The maximum Gasteiger partial charge on any atom is 0.262 e. The largest absolute Gasteiger partial charge is 0.338 e. The molecule has 152 valence electrons. The van der Waals surface area contributed by atoms with E-state index in [1.54, 1.807) is 15.6 Å². The smallest absolute Gasteiger partial charge is 0.262 e. The van der Waals surface area contributed by atoms with E-state index >= 15 is 0 Å². The summed E-state index contributed by atoms with van der Waals surface area (Å²) in [5.74, 6) is 0.549. The Hall–Kier alpha value is -3.60. The molecule has 4 heterocycles. The summed E-state index contributed by atoms with van der Waals surface area (Å²) in [6.45, 7) is 2.26. The van der Waals surface area contributed by atoms with Gasteiger partial charge in [-0.25, -0.2) is 4.98 Å². The number of tetrazole rings is 1. The molecule has 1 aromatic carbocycles. The predicted molar refractivity (Wildman–Crippen MR) is 112 cm³/mol. The summed E-state index contributed by atoms with van der Waals surface area (Å²) in [6, 6.07) is 11.4. The molecule has 0 aliphatic carbocycles. The average Bonchev–Trinajstić information content (AvgIpc) is 3.46. The molecule has 0 saturated carbocycles. The molecule has 0 N–H and O–H groups in total. The van der Waals surface area contributed by atoms with Gasteiger partial charge < -0.3 is 9.80 Å². The highest BCUT2D eigenvalue weighted by atomic mass is 32.1. The normalized spacial score (nSPS) is 14.4. The maximum absolute atomic E-state index is 12.8. The number of para-hydroxylation sites is 1. The second-order valence-electron chi connectivity index (χ2n) is 6.91. The fraction of sp³-hybridized carbons (Fsp3) is 0.263. The van der Waals surface area contributed by atoms with E-state index in [2.05, 4.69) is 25.4 Å². The molecule has 10 nitrogen and oxygen atoms in total. The summed E-state index contributed by atoms with van der Waals surface area (Å²) >= 11 is 1.41. The first-order valence-electron chi connectivity index (χ1n) is 9.50. The SMILES string of the molecule is O=C(Cn1cnc2sccc2c1=O)N1CCN(c2nnnn2-c2ccccc2)CC1. The first-order valence-corrected chi connectivity index (χ1v) is 10.4. The Balaban J connectivity index is 1.26. The Kier molecular flexibility index (Phi) is 4.71. The van der Waals surface area contributed by atoms with Crippen LogP contribution >= 0.6 is 11.3 Å². The molecular weight excluding hydrogens is 404 g/mol. The quantitative estimate of drug-likeness (QED) is 0.479. The molecule has 1 aliphatic rings. The van der Waals surface area contributed by atoms with Crippen molar-refractivity contribution in [3.8, 4) is 5.69 Å². The first-order chi connectivity index (χ1) is 14.7. The molecule has 0 radical (unpaired) electrons.